The highest BCUT2D eigenvalue weighted by Crippen LogP contribution is 2.26. The number of fused-ring (bicyclic) bond motifs is 1. The van der Waals surface area contributed by atoms with Gasteiger partial charge in [-0.2, -0.15) is 0 Å². The summed E-state index contributed by atoms with van der Waals surface area (Å²) in [5.41, 5.74) is 2.26. The second-order valence-corrected chi connectivity index (χ2v) is 5.61. The first-order valence-corrected chi connectivity index (χ1v) is 7.57. The SMILES string of the molecule is COc1ccc2c(CC(=O)Nc3ccc(C)c([N+](=O)[O-])c3)coc2c1. The number of carbonyl (C=O) groups is 1. The van der Waals surface area contributed by atoms with Gasteiger partial charge in [-0.15, -0.1) is 0 Å². The molecule has 1 aromatic heterocycles. The van der Waals surface area contributed by atoms with Crippen molar-refractivity contribution in [1.29, 1.82) is 0 Å². The van der Waals surface area contributed by atoms with Crippen molar-refractivity contribution in [1.82, 2.24) is 0 Å². The Balaban J connectivity index is 1.77. The first-order chi connectivity index (χ1) is 12.0. The number of anilines is 1. The number of rotatable bonds is 5. The van der Waals surface area contributed by atoms with Crippen LogP contribution in [0.1, 0.15) is 11.1 Å². The number of nitrogens with one attached hydrogen (secondary N) is 1. The Morgan fingerprint density at radius 2 is 2.08 bits per heavy atom. The lowest BCUT2D eigenvalue weighted by Gasteiger charge is -2.06. The molecule has 0 atom stereocenters. The van der Waals surface area contributed by atoms with Crippen LogP contribution in [0.4, 0.5) is 11.4 Å². The molecule has 0 saturated carbocycles. The fourth-order valence-corrected chi connectivity index (χ4v) is 2.59. The molecule has 3 aromatic rings. The van der Waals surface area contributed by atoms with Crippen LogP contribution < -0.4 is 10.1 Å². The van der Waals surface area contributed by atoms with E-state index in [1.807, 2.05) is 6.07 Å². The summed E-state index contributed by atoms with van der Waals surface area (Å²) < 4.78 is 10.6. The average molecular weight is 340 g/mol. The van der Waals surface area contributed by atoms with E-state index in [9.17, 15) is 14.9 Å². The zero-order valence-corrected chi connectivity index (χ0v) is 13.7. The summed E-state index contributed by atoms with van der Waals surface area (Å²) in [5, 5.41) is 14.5. The van der Waals surface area contributed by atoms with Crippen LogP contribution in [0.25, 0.3) is 11.0 Å². The summed E-state index contributed by atoms with van der Waals surface area (Å²) in [6.45, 7) is 1.65. The minimum Gasteiger partial charge on any atom is -0.497 e. The van der Waals surface area contributed by atoms with Crippen LogP contribution in [0.3, 0.4) is 0 Å². The lowest BCUT2D eigenvalue weighted by atomic mass is 10.1. The maximum atomic E-state index is 12.3. The van der Waals surface area contributed by atoms with E-state index in [0.29, 0.717) is 22.6 Å². The molecule has 1 heterocycles. The van der Waals surface area contributed by atoms with Crippen LogP contribution in [0.5, 0.6) is 5.75 Å². The van der Waals surface area contributed by atoms with E-state index in [1.165, 1.54) is 12.3 Å². The van der Waals surface area contributed by atoms with Gasteiger partial charge >= 0.3 is 0 Å². The zero-order chi connectivity index (χ0) is 18.0. The number of nitrogens with zero attached hydrogens (tertiary/aromatic N) is 1. The molecule has 3 rings (SSSR count). The summed E-state index contributed by atoms with van der Waals surface area (Å²) in [6, 6.07) is 9.97. The summed E-state index contributed by atoms with van der Waals surface area (Å²) in [4.78, 5) is 22.8. The predicted molar refractivity (Wildman–Crippen MR) is 92.9 cm³/mol. The highest BCUT2D eigenvalue weighted by Gasteiger charge is 2.14. The van der Waals surface area contributed by atoms with E-state index in [0.717, 1.165) is 10.9 Å². The molecule has 2 aromatic carbocycles. The van der Waals surface area contributed by atoms with Crippen molar-refractivity contribution in [3.8, 4) is 5.75 Å². The second kappa shape index (κ2) is 6.64. The third-order valence-electron chi connectivity index (χ3n) is 3.90. The third kappa shape index (κ3) is 3.45. The first-order valence-electron chi connectivity index (χ1n) is 7.57. The fraction of sp³-hybridized carbons (Fsp3) is 0.167. The smallest absolute Gasteiger partial charge is 0.274 e. The molecule has 25 heavy (non-hydrogen) atoms. The summed E-state index contributed by atoms with van der Waals surface area (Å²) in [6.07, 6.45) is 1.63. The van der Waals surface area contributed by atoms with Gasteiger partial charge in [0, 0.05) is 34.3 Å². The Morgan fingerprint density at radius 1 is 1.28 bits per heavy atom. The Bertz CT molecular complexity index is 961. The normalized spacial score (nSPS) is 10.6. The monoisotopic (exact) mass is 340 g/mol. The van der Waals surface area contributed by atoms with Crippen molar-refractivity contribution < 1.29 is 18.9 Å². The number of nitro benzene ring substituents is 1. The molecule has 7 heteroatoms. The molecule has 0 aliphatic rings. The van der Waals surface area contributed by atoms with Gasteiger partial charge in [0.25, 0.3) is 5.69 Å². The number of furan rings is 1. The van der Waals surface area contributed by atoms with Crippen LogP contribution in [-0.4, -0.2) is 17.9 Å². The van der Waals surface area contributed by atoms with Crippen molar-refractivity contribution in [2.45, 2.75) is 13.3 Å². The third-order valence-corrected chi connectivity index (χ3v) is 3.90. The topological polar surface area (TPSA) is 94.6 Å². The van der Waals surface area contributed by atoms with Crippen molar-refractivity contribution in [2.75, 3.05) is 12.4 Å². The molecule has 0 radical (unpaired) electrons. The molecule has 0 fully saturated rings. The summed E-state index contributed by atoms with van der Waals surface area (Å²) >= 11 is 0. The first kappa shape index (κ1) is 16.5. The number of nitro groups is 1. The number of aryl methyl sites for hydroxylation is 1. The van der Waals surface area contributed by atoms with E-state index in [4.69, 9.17) is 9.15 Å². The molecule has 1 amide bonds. The van der Waals surface area contributed by atoms with Crippen molar-refractivity contribution in [3.05, 3.63) is 63.9 Å². The molecule has 1 N–H and O–H groups in total. The van der Waals surface area contributed by atoms with Crippen LogP contribution >= 0.6 is 0 Å². The Kier molecular flexibility index (Phi) is 4.38. The van der Waals surface area contributed by atoms with E-state index in [-0.39, 0.29) is 18.0 Å². The Labute approximate surface area is 143 Å². The largest absolute Gasteiger partial charge is 0.497 e. The highest BCUT2D eigenvalue weighted by atomic mass is 16.6. The predicted octanol–water partition coefficient (Wildman–Crippen LogP) is 3.84. The zero-order valence-electron chi connectivity index (χ0n) is 13.7. The molecule has 0 unspecified atom stereocenters. The van der Waals surface area contributed by atoms with Gasteiger partial charge in [-0.3, -0.25) is 14.9 Å². The Morgan fingerprint density at radius 3 is 2.80 bits per heavy atom. The number of methoxy groups -OCH3 is 1. The summed E-state index contributed by atoms with van der Waals surface area (Å²) in [5.74, 6) is 0.390. The lowest BCUT2D eigenvalue weighted by molar-refractivity contribution is -0.385. The van der Waals surface area contributed by atoms with Gasteiger partial charge in [-0.25, -0.2) is 0 Å². The number of benzene rings is 2. The van der Waals surface area contributed by atoms with E-state index < -0.39 is 4.92 Å². The molecular weight excluding hydrogens is 324 g/mol. The average Bonchev–Trinajstić information content (AvgIpc) is 2.98. The molecule has 7 nitrogen and oxygen atoms in total. The van der Waals surface area contributed by atoms with Crippen LogP contribution in [0.15, 0.2) is 47.1 Å². The molecule has 0 aliphatic carbocycles. The molecule has 0 spiro atoms. The van der Waals surface area contributed by atoms with Gasteiger partial charge in [0.15, 0.2) is 0 Å². The number of ether oxygens (including phenoxy) is 1. The maximum Gasteiger partial charge on any atom is 0.274 e. The Hall–Kier alpha value is -3.35. The van der Waals surface area contributed by atoms with Gasteiger partial charge in [0.2, 0.25) is 5.91 Å². The van der Waals surface area contributed by atoms with Crippen LogP contribution in [0, 0.1) is 17.0 Å². The van der Waals surface area contributed by atoms with Crippen molar-refractivity contribution in [3.63, 3.8) is 0 Å². The van der Waals surface area contributed by atoms with Gasteiger partial charge < -0.3 is 14.5 Å². The van der Waals surface area contributed by atoms with Gasteiger partial charge in [-0.05, 0) is 25.1 Å². The number of hydrogen-bond donors (Lipinski definition) is 1. The molecule has 0 saturated heterocycles. The van der Waals surface area contributed by atoms with Gasteiger partial charge in [0.1, 0.15) is 11.3 Å². The summed E-state index contributed by atoms with van der Waals surface area (Å²) in [7, 11) is 1.57. The minimum absolute atomic E-state index is 0.0290. The fourth-order valence-electron chi connectivity index (χ4n) is 2.59. The van der Waals surface area contributed by atoms with E-state index >= 15 is 0 Å². The standard InChI is InChI=1S/C18H16N2O5/c1-11-3-4-13(8-16(11)20(22)23)19-18(21)7-12-10-25-17-9-14(24-2)5-6-15(12)17/h3-6,8-10H,7H2,1-2H3,(H,19,21). The quantitative estimate of drug-likeness (QED) is 0.562. The second-order valence-electron chi connectivity index (χ2n) is 5.61. The number of hydrogen-bond acceptors (Lipinski definition) is 5. The van der Waals surface area contributed by atoms with Crippen LogP contribution in [0.2, 0.25) is 0 Å². The van der Waals surface area contributed by atoms with E-state index in [1.54, 1.807) is 38.3 Å². The number of amides is 1. The lowest BCUT2D eigenvalue weighted by Crippen LogP contribution is -2.14. The minimum atomic E-state index is -0.470. The highest BCUT2D eigenvalue weighted by molar-refractivity contribution is 5.95. The molecule has 0 bridgehead atoms. The number of carbonyl (C=O) groups excluding carboxylic acids is 1. The molecular formula is C18H16N2O5. The van der Waals surface area contributed by atoms with E-state index in [2.05, 4.69) is 5.32 Å². The van der Waals surface area contributed by atoms with Gasteiger partial charge in [-0.1, -0.05) is 6.07 Å². The molecule has 128 valence electrons. The maximum absolute atomic E-state index is 12.3. The van der Waals surface area contributed by atoms with Crippen molar-refractivity contribution in [2.24, 2.45) is 0 Å². The van der Waals surface area contributed by atoms with Crippen molar-refractivity contribution >= 4 is 28.3 Å². The van der Waals surface area contributed by atoms with Gasteiger partial charge in [0.05, 0.1) is 24.7 Å². The van der Waals surface area contributed by atoms with Crippen LogP contribution in [-0.2, 0) is 11.2 Å². The molecule has 0 aliphatic heterocycles.